The van der Waals surface area contributed by atoms with Crippen molar-refractivity contribution in [3.8, 4) is 0 Å². The van der Waals surface area contributed by atoms with Crippen molar-refractivity contribution >= 4 is 11.9 Å². The Morgan fingerprint density at radius 2 is 1.81 bits per heavy atom. The summed E-state index contributed by atoms with van der Waals surface area (Å²) in [4.78, 5) is 31.2. The minimum Gasteiger partial charge on any atom is -0.477 e. The summed E-state index contributed by atoms with van der Waals surface area (Å²) >= 11 is 0. The maximum atomic E-state index is 14.8. The van der Waals surface area contributed by atoms with E-state index in [-0.39, 0.29) is 35.0 Å². The zero-order valence-corrected chi connectivity index (χ0v) is 16.8. The summed E-state index contributed by atoms with van der Waals surface area (Å²) in [7, 11) is 0. The number of carboxylic acids is 1. The number of aromatic nitrogens is 2. The first-order valence-corrected chi connectivity index (χ1v) is 9.66. The minimum atomic E-state index is -1.41. The highest BCUT2D eigenvalue weighted by molar-refractivity contribution is 5.91. The predicted octanol–water partition coefficient (Wildman–Crippen LogP) is 4.65. The van der Waals surface area contributed by atoms with Crippen LogP contribution in [0.3, 0.4) is 0 Å². The molecule has 1 amide bonds. The fourth-order valence-corrected chi connectivity index (χ4v) is 3.08. The average molecular weight is 425 g/mol. The molecule has 1 N–H and O–H groups in total. The van der Waals surface area contributed by atoms with Crippen molar-refractivity contribution in [2.45, 2.75) is 32.5 Å². The van der Waals surface area contributed by atoms with E-state index in [2.05, 4.69) is 9.97 Å². The van der Waals surface area contributed by atoms with Gasteiger partial charge in [0.1, 0.15) is 17.6 Å². The van der Waals surface area contributed by atoms with Crippen molar-refractivity contribution in [1.82, 2.24) is 15.1 Å². The van der Waals surface area contributed by atoms with E-state index >= 15 is 0 Å². The number of hydrogen-bond donors (Lipinski definition) is 1. The molecule has 3 aromatic rings. The van der Waals surface area contributed by atoms with Gasteiger partial charge in [-0.1, -0.05) is 40.9 Å². The fourth-order valence-electron chi connectivity index (χ4n) is 3.08. The molecule has 8 heteroatoms. The molecule has 0 aliphatic heterocycles. The lowest BCUT2D eigenvalue weighted by atomic mass is 10.0. The summed E-state index contributed by atoms with van der Waals surface area (Å²) < 4.78 is 29.2. The second kappa shape index (κ2) is 9.88. The molecule has 0 spiro atoms. The van der Waals surface area contributed by atoms with Gasteiger partial charge in [-0.3, -0.25) is 4.79 Å². The largest absolute Gasteiger partial charge is 0.477 e. The Labute approximate surface area is 178 Å². The van der Waals surface area contributed by atoms with Crippen LogP contribution in [0.2, 0.25) is 0 Å². The molecule has 1 atom stereocenters. The number of hydrogen-bond acceptors (Lipinski definition) is 4. The first-order valence-electron chi connectivity index (χ1n) is 9.66. The van der Waals surface area contributed by atoms with E-state index in [0.29, 0.717) is 23.2 Å². The Balaban J connectivity index is 1.67. The number of carbonyl (C=O) groups excluding carboxylic acids is 1. The predicted molar refractivity (Wildman–Crippen MR) is 110 cm³/mol. The van der Waals surface area contributed by atoms with Gasteiger partial charge in [0.05, 0.1) is 6.54 Å². The number of rotatable bonds is 8. The van der Waals surface area contributed by atoms with E-state index in [0.717, 1.165) is 0 Å². The van der Waals surface area contributed by atoms with Gasteiger partial charge in [-0.15, -0.1) is 0 Å². The molecular weight excluding hydrogens is 404 g/mol. The maximum Gasteiger partial charge on any atom is 0.354 e. The van der Waals surface area contributed by atoms with Gasteiger partial charge in [0.2, 0.25) is 0 Å². The summed E-state index contributed by atoms with van der Waals surface area (Å²) in [6.45, 7) is 1.38. The second-order valence-corrected chi connectivity index (χ2v) is 7.10. The van der Waals surface area contributed by atoms with Gasteiger partial charge >= 0.3 is 5.97 Å². The number of alkyl halides is 1. The topological polar surface area (TPSA) is 83.4 Å². The summed E-state index contributed by atoms with van der Waals surface area (Å²) in [5.41, 5.74) is 1.70. The van der Waals surface area contributed by atoms with Gasteiger partial charge in [0.25, 0.3) is 5.91 Å². The molecule has 0 bridgehead atoms. The lowest BCUT2D eigenvalue weighted by molar-refractivity contribution is 0.0142. The number of aryl methyl sites for hydroxylation is 2. The molecule has 160 valence electrons. The average Bonchev–Trinajstić information content (AvgIpc) is 2.77. The van der Waals surface area contributed by atoms with Crippen LogP contribution < -0.4 is 0 Å². The van der Waals surface area contributed by atoms with E-state index < -0.39 is 18.0 Å². The molecule has 2 heterocycles. The van der Waals surface area contributed by atoms with E-state index in [1.807, 2.05) is 0 Å². The Morgan fingerprint density at radius 1 is 1.06 bits per heavy atom. The molecule has 2 aromatic heterocycles. The number of carbonyl (C=O) groups is 2. The van der Waals surface area contributed by atoms with Gasteiger partial charge < -0.3 is 5.11 Å². The fraction of sp³-hybridized carbons (Fsp3) is 0.217. The van der Waals surface area contributed by atoms with Gasteiger partial charge in [0.15, 0.2) is 0 Å². The van der Waals surface area contributed by atoms with E-state index in [4.69, 9.17) is 5.11 Å². The Morgan fingerprint density at radius 3 is 2.45 bits per heavy atom. The van der Waals surface area contributed by atoms with Crippen LogP contribution in [-0.4, -0.2) is 32.1 Å². The molecule has 31 heavy (non-hydrogen) atoms. The zero-order valence-electron chi connectivity index (χ0n) is 16.8. The normalized spacial score (nSPS) is 11.7. The SMILES string of the molecule is Cc1cc(C(F)CCc2ccc(C(=O)O)nc2)cc(C(=O)N(F)Cc2ccccc2)n1. The lowest BCUT2D eigenvalue weighted by Gasteiger charge is -2.14. The third-order valence-corrected chi connectivity index (χ3v) is 4.67. The molecule has 0 aliphatic rings. The quantitative estimate of drug-likeness (QED) is 0.531. The first kappa shape index (κ1) is 22.0. The third-order valence-electron chi connectivity index (χ3n) is 4.67. The molecule has 0 aliphatic carbocycles. The smallest absolute Gasteiger partial charge is 0.354 e. The molecule has 6 nitrogen and oxygen atoms in total. The van der Waals surface area contributed by atoms with Crippen molar-refractivity contribution in [1.29, 1.82) is 0 Å². The molecule has 0 saturated carbocycles. The highest BCUT2D eigenvalue weighted by Crippen LogP contribution is 2.25. The van der Waals surface area contributed by atoms with E-state index in [1.54, 1.807) is 43.3 Å². The lowest BCUT2D eigenvalue weighted by Crippen LogP contribution is -2.23. The number of carboxylic acid groups (broad SMARTS) is 1. The Bertz CT molecular complexity index is 1060. The number of aromatic carboxylic acids is 1. The van der Waals surface area contributed by atoms with Gasteiger partial charge in [-0.25, -0.2) is 19.2 Å². The van der Waals surface area contributed by atoms with Crippen molar-refractivity contribution in [2.24, 2.45) is 0 Å². The van der Waals surface area contributed by atoms with Gasteiger partial charge in [-0.2, -0.15) is 5.12 Å². The van der Waals surface area contributed by atoms with Crippen molar-refractivity contribution in [2.75, 3.05) is 0 Å². The maximum absolute atomic E-state index is 14.8. The van der Waals surface area contributed by atoms with Crippen molar-refractivity contribution in [3.63, 3.8) is 0 Å². The standard InChI is InChI=1S/C23H21F2N3O3/c1-15-11-18(19(24)9-7-16-8-10-20(23(30)31)26-13-16)12-21(27-15)22(29)28(25)14-17-5-3-2-4-6-17/h2-6,8,10-13,19H,7,9,14H2,1H3,(H,30,31). The van der Waals surface area contributed by atoms with Crippen LogP contribution in [0, 0.1) is 6.92 Å². The van der Waals surface area contributed by atoms with Crippen LogP contribution in [0.5, 0.6) is 0 Å². The summed E-state index contributed by atoms with van der Waals surface area (Å²) in [6.07, 6.45) is 0.402. The number of pyridine rings is 2. The molecule has 0 saturated heterocycles. The molecule has 1 unspecified atom stereocenters. The Hall–Kier alpha value is -3.68. The van der Waals surface area contributed by atoms with E-state index in [9.17, 15) is 18.5 Å². The number of halogens is 2. The molecule has 3 rings (SSSR count). The number of amides is 1. The number of nitrogens with zero attached hydrogens (tertiary/aromatic N) is 3. The van der Waals surface area contributed by atoms with Crippen molar-refractivity contribution in [3.05, 3.63) is 94.6 Å². The molecular formula is C23H21F2N3O3. The van der Waals surface area contributed by atoms with Crippen molar-refractivity contribution < 1.29 is 23.6 Å². The van der Waals surface area contributed by atoms with Crippen LogP contribution in [0.15, 0.2) is 60.8 Å². The van der Waals surface area contributed by atoms with Crippen LogP contribution in [0.4, 0.5) is 8.87 Å². The summed E-state index contributed by atoms with van der Waals surface area (Å²) in [6, 6.07) is 14.4. The van der Waals surface area contributed by atoms with Gasteiger partial charge in [-0.05, 0) is 54.7 Å². The number of benzene rings is 1. The van der Waals surface area contributed by atoms with Crippen LogP contribution >= 0.6 is 0 Å². The van der Waals surface area contributed by atoms with Crippen LogP contribution in [0.25, 0.3) is 0 Å². The molecule has 0 radical (unpaired) electrons. The van der Waals surface area contributed by atoms with E-state index in [1.165, 1.54) is 24.4 Å². The third kappa shape index (κ3) is 5.91. The summed E-state index contributed by atoms with van der Waals surface area (Å²) in [5.74, 6) is -2.07. The Kier molecular flexibility index (Phi) is 7.02. The van der Waals surface area contributed by atoms with Crippen LogP contribution in [0.1, 0.15) is 56.0 Å². The van der Waals surface area contributed by atoms with Crippen LogP contribution in [-0.2, 0) is 13.0 Å². The monoisotopic (exact) mass is 425 g/mol. The van der Waals surface area contributed by atoms with Gasteiger partial charge in [0, 0.05) is 11.9 Å². The first-order chi connectivity index (χ1) is 14.8. The minimum absolute atomic E-state index is 0.0593. The summed E-state index contributed by atoms with van der Waals surface area (Å²) in [5, 5.41) is 8.93. The zero-order chi connectivity index (χ0) is 22.4. The second-order valence-electron chi connectivity index (χ2n) is 7.10. The molecule has 1 aromatic carbocycles. The molecule has 0 fully saturated rings. The highest BCUT2D eigenvalue weighted by Gasteiger charge is 2.20. The highest BCUT2D eigenvalue weighted by atomic mass is 19.2.